The second kappa shape index (κ2) is 6.80. The molecule has 0 aliphatic heterocycles. The van der Waals surface area contributed by atoms with Gasteiger partial charge in [0.25, 0.3) is 0 Å². The molecule has 0 aliphatic rings. The van der Waals surface area contributed by atoms with Crippen molar-refractivity contribution < 1.29 is 0 Å². The van der Waals surface area contributed by atoms with E-state index in [1.165, 1.54) is 24.2 Å². The van der Waals surface area contributed by atoms with E-state index in [-0.39, 0.29) is 0 Å². The summed E-state index contributed by atoms with van der Waals surface area (Å²) >= 11 is 0. The minimum Gasteiger partial charge on any atom is -0.299 e. The number of benzene rings is 1. The van der Waals surface area contributed by atoms with Crippen LogP contribution in [0.25, 0.3) is 0 Å². The maximum atomic E-state index is 2.57. The van der Waals surface area contributed by atoms with Crippen LogP contribution < -0.4 is 0 Å². The van der Waals surface area contributed by atoms with Crippen LogP contribution in [0.3, 0.4) is 0 Å². The van der Waals surface area contributed by atoms with Gasteiger partial charge in [0, 0.05) is 19.6 Å². The van der Waals surface area contributed by atoms with E-state index < -0.39 is 0 Å². The lowest BCUT2D eigenvalue weighted by Gasteiger charge is -2.26. The molecule has 17 heavy (non-hydrogen) atoms. The number of rotatable bonds is 6. The molecule has 1 aromatic carbocycles. The van der Waals surface area contributed by atoms with Gasteiger partial charge in [0.05, 0.1) is 0 Å². The van der Waals surface area contributed by atoms with Crippen LogP contribution in [0, 0.1) is 18.8 Å². The minimum atomic E-state index is 0.735. The van der Waals surface area contributed by atoms with Gasteiger partial charge in [0.1, 0.15) is 0 Å². The average molecular weight is 233 g/mol. The summed E-state index contributed by atoms with van der Waals surface area (Å²) in [4.78, 5) is 2.57. The van der Waals surface area contributed by atoms with Gasteiger partial charge in [0.15, 0.2) is 0 Å². The van der Waals surface area contributed by atoms with Gasteiger partial charge in [0.2, 0.25) is 0 Å². The lowest BCUT2D eigenvalue weighted by Crippen LogP contribution is -2.30. The van der Waals surface area contributed by atoms with Gasteiger partial charge in [-0.25, -0.2) is 0 Å². The molecule has 0 saturated heterocycles. The quantitative estimate of drug-likeness (QED) is 0.714. The van der Waals surface area contributed by atoms with Gasteiger partial charge in [-0.2, -0.15) is 0 Å². The Morgan fingerprint density at radius 1 is 1.00 bits per heavy atom. The summed E-state index contributed by atoms with van der Waals surface area (Å²) in [6.45, 7) is 14.8. The standard InChI is InChI=1S/C16H27N/c1-13(2)10-17(11-14(3)4)12-16-8-6-7-15(5)9-16/h6-9,13-14H,10-12H2,1-5H3. The highest BCUT2D eigenvalue weighted by Crippen LogP contribution is 2.11. The van der Waals surface area contributed by atoms with Crippen molar-refractivity contribution in [3.8, 4) is 0 Å². The second-order valence-electron chi connectivity index (χ2n) is 5.97. The second-order valence-corrected chi connectivity index (χ2v) is 5.97. The molecule has 1 aromatic rings. The van der Waals surface area contributed by atoms with E-state index >= 15 is 0 Å². The summed E-state index contributed by atoms with van der Waals surface area (Å²) in [5.74, 6) is 1.47. The fourth-order valence-electron chi connectivity index (χ4n) is 2.31. The van der Waals surface area contributed by atoms with Crippen LogP contribution >= 0.6 is 0 Å². The molecule has 1 rings (SSSR count). The van der Waals surface area contributed by atoms with Crippen LogP contribution in [-0.2, 0) is 6.54 Å². The summed E-state index contributed by atoms with van der Waals surface area (Å²) in [6, 6.07) is 8.86. The van der Waals surface area contributed by atoms with Crippen molar-refractivity contribution >= 4 is 0 Å². The summed E-state index contributed by atoms with van der Waals surface area (Å²) in [7, 11) is 0. The first kappa shape index (κ1) is 14.2. The highest BCUT2D eigenvalue weighted by atomic mass is 15.1. The largest absolute Gasteiger partial charge is 0.299 e. The molecule has 0 fully saturated rings. The number of aryl methyl sites for hydroxylation is 1. The van der Waals surface area contributed by atoms with Gasteiger partial charge >= 0.3 is 0 Å². The zero-order valence-electron chi connectivity index (χ0n) is 12.0. The van der Waals surface area contributed by atoms with Gasteiger partial charge in [-0.1, -0.05) is 57.5 Å². The first-order chi connectivity index (χ1) is 7.97. The molecule has 1 heteroatoms. The van der Waals surface area contributed by atoms with Crippen molar-refractivity contribution in [2.24, 2.45) is 11.8 Å². The first-order valence-corrected chi connectivity index (χ1v) is 6.75. The summed E-state index contributed by atoms with van der Waals surface area (Å²) < 4.78 is 0. The third kappa shape index (κ3) is 5.88. The highest BCUT2D eigenvalue weighted by Gasteiger charge is 2.10. The fraction of sp³-hybridized carbons (Fsp3) is 0.625. The Morgan fingerprint density at radius 3 is 2.06 bits per heavy atom. The maximum Gasteiger partial charge on any atom is 0.0234 e. The van der Waals surface area contributed by atoms with E-state index in [1.54, 1.807) is 0 Å². The molecule has 0 unspecified atom stereocenters. The number of nitrogens with zero attached hydrogens (tertiary/aromatic N) is 1. The SMILES string of the molecule is Cc1cccc(CN(CC(C)C)CC(C)C)c1. The molecule has 1 nitrogen and oxygen atoms in total. The van der Waals surface area contributed by atoms with Crippen LogP contribution in [0.5, 0.6) is 0 Å². The maximum absolute atomic E-state index is 2.57. The zero-order chi connectivity index (χ0) is 12.8. The average Bonchev–Trinajstić information content (AvgIpc) is 2.14. The van der Waals surface area contributed by atoms with Crippen molar-refractivity contribution in [1.29, 1.82) is 0 Å². The Bertz CT molecular complexity index is 318. The van der Waals surface area contributed by atoms with Crippen LogP contribution in [0.4, 0.5) is 0 Å². The molecule has 0 heterocycles. The van der Waals surface area contributed by atoms with E-state index in [2.05, 4.69) is 63.8 Å². The summed E-state index contributed by atoms with van der Waals surface area (Å²) in [5.41, 5.74) is 2.79. The number of hydrogen-bond acceptors (Lipinski definition) is 1. The highest BCUT2D eigenvalue weighted by molar-refractivity contribution is 5.22. The molecular formula is C16H27N. The Labute approximate surface area is 107 Å². The van der Waals surface area contributed by atoms with Crippen LogP contribution in [-0.4, -0.2) is 18.0 Å². The van der Waals surface area contributed by atoms with E-state index in [9.17, 15) is 0 Å². The monoisotopic (exact) mass is 233 g/mol. The topological polar surface area (TPSA) is 3.24 Å². The third-order valence-electron chi connectivity index (χ3n) is 2.74. The molecule has 96 valence electrons. The normalized spacial score (nSPS) is 11.8. The Kier molecular flexibility index (Phi) is 5.70. The van der Waals surface area contributed by atoms with E-state index in [0.717, 1.165) is 18.4 Å². The third-order valence-corrected chi connectivity index (χ3v) is 2.74. The predicted molar refractivity (Wildman–Crippen MR) is 76.1 cm³/mol. The summed E-state index contributed by atoms with van der Waals surface area (Å²) in [5, 5.41) is 0. The molecule has 0 atom stereocenters. The lowest BCUT2D eigenvalue weighted by molar-refractivity contribution is 0.211. The van der Waals surface area contributed by atoms with Crippen molar-refractivity contribution in [3.63, 3.8) is 0 Å². The molecule has 0 N–H and O–H groups in total. The van der Waals surface area contributed by atoms with Crippen molar-refractivity contribution in [1.82, 2.24) is 4.90 Å². The summed E-state index contributed by atoms with van der Waals surface area (Å²) in [6.07, 6.45) is 0. The van der Waals surface area contributed by atoms with Gasteiger partial charge in [-0.15, -0.1) is 0 Å². The van der Waals surface area contributed by atoms with Crippen molar-refractivity contribution in [3.05, 3.63) is 35.4 Å². The lowest BCUT2D eigenvalue weighted by atomic mass is 10.1. The molecule has 0 amide bonds. The Balaban J connectivity index is 2.64. The minimum absolute atomic E-state index is 0.735. The smallest absolute Gasteiger partial charge is 0.0234 e. The zero-order valence-corrected chi connectivity index (χ0v) is 12.0. The fourth-order valence-corrected chi connectivity index (χ4v) is 2.31. The van der Waals surface area contributed by atoms with E-state index in [0.29, 0.717) is 0 Å². The molecule has 0 aliphatic carbocycles. The molecule has 0 saturated carbocycles. The Morgan fingerprint density at radius 2 is 1.59 bits per heavy atom. The van der Waals surface area contributed by atoms with E-state index in [4.69, 9.17) is 0 Å². The molecule has 0 radical (unpaired) electrons. The van der Waals surface area contributed by atoms with Crippen LogP contribution in [0.15, 0.2) is 24.3 Å². The van der Waals surface area contributed by atoms with Crippen molar-refractivity contribution in [2.75, 3.05) is 13.1 Å². The molecule has 0 bridgehead atoms. The van der Waals surface area contributed by atoms with E-state index in [1.807, 2.05) is 0 Å². The van der Waals surface area contributed by atoms with Gasteiger partial charge in [-0.05, 0) is 24.3 Å². The van der Waals surface area contributed by atoms with Gasteiger partial charge < -0.3 is 0 Å². The molecule has 0 aromatic heterocycles. The molecular weight excluding hydrogens is 206 g/mol. The first-order valence-electron chi connectivity index (χ1n) is 6.75. The van der Waals surface area contributed by atoms with Crippen LogP contribution in [0.1, 0.15) is 38.8 Å². The van der Waals surface area contributed by atoms with Gasteiger partial charge in [-0.3, -0.25) is 4.90 Å². The van der Waals surface area contributed by atoms with Crippen molar-refractivity contribution in [2.45, 2.75) is 41.2 Å². The number of hydrogen-bond donors (Lipinski definition) is 0. The predicted octanol–water partition coefficient (Wildman–Crippen LogP) is 4.11. The Hall–Kier alpha value is -0.820. The molecule has 0 spiro atoms. The van der Waals surface area contributed by atoms with Crippen LogP contribution in [0.2, 0.25) is 0 Å².